The second-order valence-electron chi connectivity index (χ2n) is 7.50. The van der Waals surface area contributed by atoms with Crippen LogP contribution in [0.3, 0.4) is 0 Å². The van der Waals surface area contributed by atoms with Gasteiger partial charge < -0.3 is 18.9 Å². The maximum Gasteiger partial charge on any atom is 0.272 e. The third kappa shape index (κ3) is 2.31. The van der Waals surface area contributed by atoms with Gasteiger partial charge in [-0.3, -0.25) is 9.59 Å². The van der Waals surface area contributed by atoms with Gasteiger partial charge in [0.25, 0.3) is 11.8 Å². The van der Waals surface area contributed by atoms with Gasteiger partial charge in [0.05, 0.1) is 12.2 Å². The lowest BCUT2D eigenvalue weighted by Gasteiger charge is -2.47. The molecule has 0 aliphatic carbocycles. The second kappa shape index (κ2) is 6.04. The topological polar surface area (TPSA) is 71.6 Å². The SMILES string of the molecule is Cc1nocc1C(=O)N1CCN2C(=O)c3ccc(C)n3CC12c1ccc(F)cc1. The van der Waals surface area contributed by atoms with E-state index in [1.165, 1.54) is 18.4 Å². The van der Waals surface area contributed by atoms with Crippen LogP contribution in [0.15, 0.2) is 47.2 Å². The van der Waals surface area contributed by atoms with Gasteiger partial charge in [0, 0.05) is 24.3 Å². The number of benzene rings is 1. The van der Waals surface area contributed by atoms with Gasteiger partial charge in [-0.1, -0.05) is 17.3 Å². The summed E-state index contributed by atoms with van der Waals surface area (Å²) in [6, 6.07) is 9.70. The predicted molar refractivity (Wildman–Crippen MR) is 101 cm³/mol. The Morgan fingerprint density at radius 2 is 1.90 bits per heavy atom. The van der Waals surface area contributed by atoms with Gasteiger partial charge in [-0.15, -0.1) is 0 Å². The summed E-state index contributed by atoms with van der Waals surface area (Å²) < 4.78 is 20.6. The number of fused-ring (bicyclic) bond motifs is 2. The van der Waals surface area contributed by atoms with Crippen molar-refractivity contribution in [1.82, 2.24) is 19.5 Å². The normalized spacial score (nSPS) is 20.7. The van der Waals surface area contributed by atoms with E-state index < -0.39 is 5.66 Å². The van der Waals surface area contributed by atoms with Crippen LogP contribution in [0.2, 0.25) is 0 Å². The highest BCUT2D eigenvalue weighted by molar-refractivity contribution is 5.99. The lowest BCUT2D eigenvalue weighted by Crippen LogP contribution is -2.60. The van der Waals surface area contributed by atoms with Crippen molar-refractivity contribution in [2.24, 2.45) is 0 Å². The lowest BCUT2D eigenvalue weighted by atomic mass is 9.93. The van der Waals surface area contributed by atoms with E-state index >= 15 is 0 Å². The molecule has 0 spiro atoms. The van der Waals surface area contributed by atoms with E-state index in [0.29, 0.717) is 42.1 Å². The number of rotatable bonds is 2. The highest BCUT2D eigenvalue weighted by atomic mass is 19.1. The number of aromatic nitrogens is 2. The highest BCUT2D eigenvalue weighted by Crippen LogP contribution is 2.44. The van der Waals surface area contributed by atoms with E-state index in [0.717, 1.165) is 5.69 Å². The van der Waals surface area contributed by atoms with Gasteiger partial charge in [0.1, 0.15) is 23.3 Å². The number of amides is 2. The summed E-state index contributed by atoms with van der Waals surface area (Å²) in [5.41, 5.74) is 2.00. The van der Waals surface area contributed by atoms with Gasteiger partial charge in [-0.05, 0) is 38.1 Å². The molecule has 2 aromatic heterocycles. The first-order valence-electron chi connectivity index (χ1n) is 9.40. The van der Waals surface area contributed by atoms with E-state index in [1.54, 1.807) is 34.9 Å². The zero-order chi connectivity index (χ0) is 20.3. The summed E-state index contributed by atoms with van der Waals surface area (Å²) in [7, 11) is 0. The van der Waals surface area contributed by atoms with Crippen molar-refractivity contribution >= 4 is 11.8 Å². The molecule has 0 radical (unpaired) electrons. The smallest absolute Gasteiger partial charge is 0.272 e. The van der Waals surface area contributed by atoms with Crippen LogP contribution < -0.4 is 0 Å². The van der Waals surface area contributed by atoms with E-state index in [2.05, 4.69) is 5.16 Å². The summed E-state index contributed by atoms with van der Waals surface area (Å²) >= 11 is 0. The van der Waals surface area contributed by atoms with E-state index in [-0.39, 0.29) is 17.6 Å². The van der Waals surface area contributed by atoms with E-state index in [1.807, 2.05) is 17.6 Å². The Morgan fingerprint density at radius 3 is 2.59 bits per heavy atom. The number of nitrogens with zero attached hydrogens (tertiary/aromatic N) is 4. The fraction of sp³-hybridized carbons (Fsp3) is 0.286. The van der Waals surface area contributed by atoms with Crippen LogP contribution in [0.25, 0.3) is 0 Å². The zero-order valence-electron chi connectivity index (χ0n) is 16.1. The molecule has 0 saturated carbocycles. The Labute approximate surface area is 166 Å². The molecule has 1 atom stereocenters. The number of carbonyl (C=O) groups excluding carboxylic acids is 2. The van der Waals surface area contributed by atoms with Crippen LogP contribution in [0.1, 0.15) is 37.8 Å². The summed E-state index contributed by atoms with van der Waals surface area (Å²) in [6.45, 7) is 4.74. The van der Waals surface area contributed by atoms with Crippen LogP contribution >= 0.6 is 0 Å². The Hall–Kier alpha value is -3.42. The minimum Gasteiger partial charge on any atom is -0.364 e. The molecule has 3 aromatic rings. The van der Waals surface area contributed by atoms with Gasteiger partial charge in [-0.2, -0.15) is 0 Å². The van der Waals surface area contributed by atoms with Crippen LogP contribution in [0, 0.1) is 19.7 Å². The third-order valence-corrected chi connectivity index (χ3v) is 6.01. The molecule has 7 nitrogen and oxygen atoms in total. The predicted octanol–water partition coefficient (Wildman–Crippen LogP) is 2.70. The molecule has 8 heteroatoms. The van der Waals surface area contributed by atoms with E-state index in [4.69, 9.17) is 4.52 Å². The van der Waals surface area contributed by atoms with Crippen molar-refractivity contribution in [1.29, 1.82) is 0 Å². The first kappa shape index (κ1) is 17.7. The second-order valence-corrected chi connectivity index (χ2v) is 7.50. The largest absolute Gasteiger partial charge is 0.364 e. The number of carbonyl (C=O) groups is 2. The molecule has 5 rings (SSSR count). The Balaban J connectivity index is 1.72. The van der Waals surface area contributed by atoms with Crippen molar-refractivity contribution in [2.75, 3.05) is 13.1 Å². The van der Waals surface area contributed by atoms with Gasteiger partial charge >= 0.3 is 0 Å². The molecule has 0 N–H and O–H groups in total. The average molecular weight is 394 g/mol. The molecule has 2 aliphatic rings. The quantitative estimate of drug-likeness (QED) is 0.670. The van der Waals surface area contributed by atoms with Gasteiger partial charge in [-0.25, -0.2) is 4.39 Å². The molecular formula is C21H19FN4O3. The van der Waals surface area contributed by atoms with Crippen LogP contribution in [-0.4, -0.2) is 44.4 Å². The minimum atomic E-state index is -1.05. The van der Waals surface area contributed by atoms with Crippen LogP contribution in [0.4, 0.5) is 4.39 Å². The first-order chi connectivity index (χ1) is 13.9. The molecule has 1 unspecified atom stereocenters. The summed E-state index contributed by atoms with van der Waals surface area (Å²) in [5.74, 6) is -0.787. The fourth-order valence-electron chi connectivity index (χ4n) is 4.51. The van der Waals surface area contributed by atoms with Gasteiger partial charge in [0.15, 0.2) is 5.66 Å². The monoisotopic (exact) mass is 394 g/mol. The third-order valence-electron chi connectivity index (χ3n) is 6.01. The molecule has 0 bridgehead atoms. The maximum atomic E-state index is 13.7. The fourth-order valence-corrected chi connectivity index (χ4v) is 4.51. The number of hydrogen-bond acceptors (Lipinski definition) is 4. The lowest BCUT2D eigenvalue weighted by molar-refractivity contribution is -0.00637. The van der Waals surface area contributed by atoms with Crippen molar-refractivity contribution in [3.05, 3.63) is 76.7 Å². The standard InChI is InChI=1S/C21H19FN4O3/c1-13-3-8-18-20(28)26-10-9-25(19(27)17-11-29-23-14(17)2)21(26,12-24(13)18)15-4-6-16(22)7-5-15/h3-8,11H,9-10,12H2,1-2H3. The molecule has 1 fully saturated rings. The molecule has 4 heterocycles. The van der Waals surface area contributed by atoms with E-state index in [9.17, 15) is 14.0 Å². The molecule has 1 saturated heterocycles. The van der Waals surface area contributed by atoms with Gasteiger partial charge in [0.2, 0.25) is 0 Å². The summed E-state index contributed by atoms with van der Waals surface area (Å²) in [4.78, 5) is 30.2. The molecule has 29 heavy (non-hydrogen) atoms. The molecule has 2 amide bonds. The maximum absolute atomic E-state index is 13.7. The van der Waals surface area contributed by atoms with Crippen molar-refractivity contribution in [3.8, 4) is 0 Å². The highest BCUT2D eigenvalue weighted by Gasteiger charge is 2.56. The van der Waals surface area contributed by atoms with Crippen LogP contribution in [0.5, 0.6) is 0 Å². The Bertz CT molecular complexity index is 1130. The minimum absolute atomic E-state index is 0.147. The Morgan fingerprint density at radius 1 is 1.14 bits per heavy atom. The Kier molecular flexibility index (Phi) is 3.68. The number of aryl methyl sites for hydroxylation is 2. The molecule has 148 valence electrons. The van der Waals surface area contributed by atoms with Crippen molar-refractivity contribution < 1.29 is 18.5 Å². The average Bonchev–Trinajstić information content (AvgIpc) is 3.40. The van der Waals surface area contributed by atoms with Crippen LogP contribution in [-0.2, 0) is 12.2 Å². The molecule has 2 aliphatic heterocycles. The summed E-state index contributed by atoms with van der Waals surface area (Å²) in [6.07, 6.45) is 1.33. The zero-order valence-corrected chi connectivity index (χ0v) is 16.1. The summed E-state index contributed by atoms with van der Waals surface area (Å²) in [5, 5.41) is 3.82. The van der Waals surface area contributed by atoms with Crippen molar-refractivity contribution in [2.45, 2.75) is 26.1 Å². The molecule has 1 aromatic carbocycles. The number of halogens is 1. The van der Waals surface area contributed by atoms with Crippen molar-refractivity contribution in [3.63, 3.8) is 0 Å². The molecular weight excluding hydrogens is 375 g/mol. The first-order valence-corrected chi connectivity index (χ1v) is 9.40. The number of hydrogen-bond donors (Lipinski definition) is 0.